The second kappa shape index (κ2) is 5.39. The molecular formula is C12H17FN2O. The maximum Gasteiger partial charge on any atom is 0.123 e. The minimum absolute atomic E-state index is 0.266. The zero-order valence-corrected chi connectivity index (χ0v) is 9.19. The topological polar surface area (TPSA) is 35.5 Å². The second-order valence-corrected chi connectivity index (χ2v) is 4.12. The maximum atomic E-state index is 12.7. The van der Waals surface area contributed by atoms with Crippen LogP contribution >= 0.6 is 0 Å². The number of aliphatic hydroxyl groups excluding tert-OH is 1. The summed E-state index contributed by atoms with van der Waals surface area (Å²) in [5.74, 6) is -0.266. The van der Waals surface area contributed by atoms with Crippen LogP contribution in [0.2, 0.25) is 0 Å². The number of hydrogen-bond donors (Lipinski definition) is 2. The van der Waals surface area contributed by atoms with E-state index in [9.17, 15) is 9.50 Å². The molecule has 3 nitrogen and oxygen atoms in total. The first kappa shape index (κ1) is 11.5. The van der Waals surface area contributed by atoms with Gasteiger partial charge in [0.15, 0.2) is 0 Å². The lowest BCUT2D eigenvalue weighted by Gasteiger charge is -2.29. The number of benzene rings is 1. The normalized spacial score (nSPS) is 19.6. The molecule has 0 bridgehead atoms. The van der Waals surface area contributed by atoms with Gasteiger partial charge in [-0.3, -0.25) is 4.90 Å². The van der Waals surface area contributed by atoms with Crippen molar-refractivity contribution < 1.29 is 9.50 Å². The monoisotopic (exact) mass is 224 g/mol. The molecule has 88 valence electrons. The molecule has 1 aromatic rings. The number of aliphatic hydroxyl groups is 1. The van der Waals surface area contributed by atoms with Crippen molar-refractivity contribution in [2.75, 3.05) is 32.7 Å². The van der Waals surface area contributed by atoms with Crippen LogP contribution in [-0.4, -0.2) is 42.7 Å². The first-order chi connectivity index (χ1) is 7.75. The molecule has 16 heavy (non-hydrogen) atoms. The first-order valence-electron chi connectivity index (χ1n) is 5.62. The number of nitrogens with zero attached hydrogens (tertiary/aromatic N) is 1. The summed E-state index contributed by atoms with van der Waals surface area (Å²) in [7, 11) is 0. The van der Waals surface area contributed by atoms with Gasteiger partial charge in [-0.2, -0.15) is 0 Å². The van der Waals surface area contributed by atoms with Crippen molar-refractivity contribution in [1.82, 2.24) is 10.2 Å². The van der Waals surface area contributed by atoms with Crippen LogP contribution in [0, 0.1) is 5.82 Å². The van der Waals surface area contributed by atoms with Crippen molar-refractivity contribution in [2.24, 2.45) is 0 Å². The number of β-amino-alcohol motifs (C(OH)–C–C–N with tert-alkyl or cyclic N) is 1. The molecular weight excluding hydrogens is 207 g/mol. The van der Waals surface area contributed by atoms with Gasteiger partial charge in [0.25, 0.3) is 0 Å². The highest BCUT2D eigenvalue weighted by Gasteiger charge is 2.15. The standard InChI is InChI=1S/C12H17FN2O/c13-11-3-1-10(2-4-11)12(16)9-15-7-5-14-6-8-15/h1-4,12,14,16H,5-9H2. The van der Waals surface area contributed by atoms with E-state index in [1.165, 1.54) is 12.1 Å². The third kappa shape index (κ3) is 3.01. The largest absolute Gasteiger partial charge is 0.387 e. The lowest BCUT2D eigenvalue weighted by molar-refractivity contribution is 0.105. The Balaban J connectivity index is 1.91. The van der Waals surface area contributed by atoms with E-state index in [1.54, 1.807) is 12.1 Å². The molecule has 1 heterocycles. The molecule has 2 rings (SSSR count). The van der Waals surface area contributed by atoms with Gasteiger partial charge in [0.1, 0.15) is 5.82 Å². The fourth-order valence-electron chi connectivity index (χ4n) is 1.93. The zero-order chi connectivity index (χ0) is 11.4. The first-order valence-corrected chi connectivity index (χ1v) is 5.62. The summed E-state index contributed by atoms with van der Waals surface area (Å²) in [6.07, 6.45) is -0.529. The minimum Gasteiger partial charge on any atom is -0.387 e. The molecule has 0 saturated carbocycles. The molecule has 0 amide bonds. The van der Waals surface area contributed by atoms with Crippen molar-refractivity contribution in [3.63, 3.8) is 0 Å². The summed E-state index contributed by atoms with van der Waals surface area (Å²) in [4.78, 5) is 2.21. The Morgan fingerprint density at radius 1 is 1.25 bits per heavy atom. The summed E-state index contributed by atoms with van der Waals surface area (Å²) in [6, 6.07) is 6.05. The van der Waals surface area contributed by atoms with Gasteiger partial charge < -0.3 is 10.4 Å². The summed E-state index contributed by atoms with van der Waals surface area (Å²) in [5.41, 5.74) is 0.778. The number of rotatable bonds is 3. The highest BCUT2D eigenvalue weighted by molar-refractivity contribution is 5.18. The van der Waals surface area contributed by atoms with Crippen LogP contribution < -0.4 is 5.32 Å². The predicted molar refractivity (Wildman–Crippen MR) is 60.7 cm³/mol. The van der Waals surface area contributed by atoms with Gasteiger partial charge in [-0.25, -0.2) is 4.39 Å². The molecule has 4 heteroatoms. The SMILES string of the molecule is OC(CN1CCNCC1)c1ccc(F)cc1. The van der Waals surface area contributed by atoms with Crippen molar-refractivity contribution in [3.05, 3.63) is 35.6 Å². The summed E-state index contributed by atoms with van der Waals surface area (Å²) >= 11 is 0. The fraction of sp³-hybridized carbons (Fsp3) is 0.500. The Kier molecular flexibility index (Phi) is 3.88. The smallest absolute Gasteiger partial charge is 0.123 e. The minimum atomic E-state index is -0.529. The van der Waals surface area contributed by atoms with Gasteiger partial charge in [0, 0.05) is 32.7 Å². The second-order valence-electron chi connectivity index (χ2n) is 4.12. The molecule has 1 atom stereocenters. The molecule has 0 aromatic heterocycles. The molecule has 1 unspecified atom stereocenters. The van der Waals surface area contributed by atoms with Crippen LogP contribution in [0.1, 0.15) is 11.7 Å². The lowest BCUT2D eigenvalue weighted by atomic mass is 10.1. The Morgan fingerprint density at radius 3 is 2.50 bits per heavy atom. The highest BCUT2D eigenvalue weighted by Crippen LogP contribution is 2.14. The number of nitrogens with one attached hydrogen (secondary N) is 1. The molecule has 1 aliphatic rings. The van der Waals surface area contributed by atoms with Crippen LogP contribution in [0.15, 0.2) is 24.3 Å². The van der Waals surface area contributed by atoms with Crippen molar-refractivity contribution in [1.29, 1.82) is 0 Å². The molecule has 1 fully saturated rings. The van der Waals surface area contributed by atoms with Gasteiger partial charge in [0.05, 0.1) is 6.10 Å². The van der Waals surface area contributed by atoms with Gasteiger partial charge in [-0.05, 0) is 17.7 Å². The van der Waals surface area contributed by atoms with Gasteiger partial charge in [-0.15, -0.1) is 0 Å². The maximum absolute atomic E-state index is 12.7. The molecule has 1 aliphatic heterocycles. The van der Waals surface area contributed by atoms with Gasteiger partial charge in [-0.1, -0.05) is 12.1 Å². The van der Waals surface area contributed by atoms with E-state index in [1.807, 2.05) is 0 Å². The number of halogens is 1. The van der Waals surface area contributed by atoms with E-state index in [0.29, 0.717) is 6.54 Å². The third-order valence-corrected chi connectivity index (χ3v) is 2.90. The Labute approximate surface area is 94.9 Å². The van der Waals surface area contributed by atoms with Crippen LogP contribution in [-0.2, 0) is 0 Å². The van der Waals surface area contributed by atoms with E-state index in [0.717, 1.165) is 31.7 Å². The average molecular weight is 224 g/mol. The highest BCUT2D eigenvalue weighted by atomic mass is 19.1. The van der Waals surface area contributed by atoms with Crippen molar-refractivity contribution in [2.45, 2.75) is 6.10 Å². The Hall–Kier alpha value is -0.970. The summed E-state index contributed by atoms with van der Waals surface area (Å²) < 4.78 is 12.7. The summed E-state index contributed by atoms with van der Waals surface area (Å²) in [5, 5.41) is 13.2. The molecule has 0 radical (unpaired) electrons. The number of hydrogen-bond acceptors (Lipinski definition) is 3. The molecule has 2 N–H and O–H groups in total. The molecule has 1 saturated heterocycles. The lowest BCUT2D eigenvalue weighted by Crippen LogP contribution is -2.44. The number of piperazine rings is 1. The average Bonchev–Trinajstić information content (AvgIpc) is 2.31. The van der Waals surface area contributed by atoms with Crippen LogP contribution in [0.4, 0.5) is 4.39 Å². The van der Waals surface area contributed by atoms with E-state index in [4.69, 9.17) is 0 Å². The zero-order valence-electron chi connectivity index (χ0n) is 9.19. The quantitative estimate of drug-likeness (QED) is 0.796. The Morgan fingerprint density at radius 2 is 1.88 bits per heavy atom. The van der Waals surface area contributed by atoms with E-state index < -0.39 is 6.10 Å². The van der Waals surface area contributed by atoms with Crippen LogP contribution in [0.25, 0.3) is 0 Å². The van der Waals surface area contributed by atoms with Gasteiger partial charge in [0.2, 0.25) is 0 Å². The van der Waals surface area contributed by atoms with Crippen LogP contribution in [0.5, 0.6) is 0 Å². The summed E-state index contributed by atoms with van der Waals surface area (Å²) in [6.45, 7) is 4.47. The fourth-order valence-corrected chi connectivity index (χ4v) is 1.93. The van der Waals surface area contributed by atoms with Gasteiger partial charge >= 0.3 is 0 Å². The van der Waals surface area contributed by atoms with E-state index >= 15 is 0 Å². The van der Waals surface area contributed by atoms with Crippen LogP contribution in [0.3, 0.4) is 0 Å². The molecule has 1 aromatic carbocycles. The van der Waals surface area contributed by atoms with E-state index in [2.05, 4.69) is 10.2 Å². The molecule has 0 spiro atoms. The van der Waals surface area contributed by atoms with Crippen molar-refractivity contribution >= 4 is 0 Å². The third-order valence-electron chi connectivity index (χ3n) is 2.90. The predicted octanol–water partition coefficient (Wildman–Crippen LogP) is 0.764. The Bertz CT molecular complexity index is 322. The van der Waals surface area contributed by atoms with E-state index in [-0.39, 0.29) is 5.82 Å². The van der Waals surface area contributed by atoms with Crippen molar-refractivity contribution in [3.8, 4) is 0 Å². The molecule has 0 aliphatic carbocycles.